The number of carbonyl (C=O) groups is 1. The van der Waals surface area contributed by atoms with Gasteiger partial charge in [-0.2, -0.15) is 12.7 Å². The Morgan fingerprint density at radius 3 is 2.50 bits per heavy atom. The topological polar surface area (TPSA) is 82.6 Å². The number of hydrogen-bond donors (Lipinski definition) is 1. The largest absolute Gasteiger partial charge is 0.322 e. The third-order valence-corrected chi connectivity index (χ3v) is 8.11. The second-order valence-electron chi connectivity index (χ2n) is 7.98. The van der Waals surface area contributed by atoms with Crippen LogP contribution in [0.15, 0.2) is 79.0 Å². The molecule has 0 saturated carbocycles. The number of aromatic nitrogens is 1. The summed E-state index contributed by atoms with van der Waals surface area (Å²) < 4.78 is 27.4. The summed E-state index contributed by atoms with van der Waals surface area (Å²) in [6.45, 7) is 0.801. The van der Waals surface area contributed by atoms with Crippen molar-refractivity contribution in [3.8, 4) is 11.3 Å². The van der Waals surface area contributed by atoms with Gasteiger partial charge in [-0.3, -0.25) is 14.1 Å². The maximum absolute atomic E-state index is 12.9. The summed E-state index contributed by atoms with van der Waals surface area (Å²) in [6.07, 6.45) is 1.74. The van der Waals surface area contributed by atoms with Crippen LogP contribution in [0.1, 0.15) is 10.4 Å². The fourth-order valence-electron chi connectivity index (χ4n) is 3.99. The molecule has 7 nitrogen and oxygen atoms in total. The molecular formula is C25H21ClN4O3S. The van der Waals surface area contributed by atoms with Crippen molar-refractivity contribution in [2.75, 3.05) is 29.8 Å². The first-order valence-electron chi connectivity index (χ1n) is 10.6. The lowest BCUT2D eigenvalue weighted by Crippen LogP contribution is -2.30. The first kappa shape index (κ1) is 22.3. The standard InChI is InChI=1S/C25H21ClN4O3S/c1-29-14-15-30(34(29,32)33)20-9-6-18(7-10-20)25(31)28-19-8-11-23(26)22(16-19)24-21-5-3-2-4-17(21)12-13-27-24/h2-13,16H,14-15H2,1H3,(H,28,31). The van der Waals surface area contributed by atoms with E-state index in [4.69, 9.17) is 11.6 Å². The van der Waals surface area contributed by atoms with Crippen molar-refractivity contribution in [2.45, 2.75) is 0 Å². The van der Waals surface area contributed by atoms with Gasteiger partial charge in [0.15, 0.2) is 0 Å². The van der Waals surface area contributed by atoms with Gasteiger partial charge in [0.25, 0.3) is 5.91 Å². The van der Waals surface area contributed by atoms with Crippen molar-refractivity contribution >= 4 is 49.9 Å². The molecule has 0 atom stereocenters. The maximum Gasteiger partial charge on any atom is 0.303 e. The third kappa shape index (κ3) is 4.00. The van der Waals surface area contributed by atoms with Gasteiger partial charge >= 0.3 is 10.2 Å². The van der Waals surface area contributed by atoms with Gasteiger partial charge in [0, 0.05) is 48.5 Å². The lowest BCUT2D eigenvalue weighted by molar-refractivity contribution is 0.102. The molecule has 0 aliphatic carbocycles. The Morgan fingerprint density at radius 2 is 1.76 bits per heavy atom. The van der Waals surface area contributed by atoms with Crippen LogP contribution in [0.5, 0.6) is 0 Å². The Hall–Kier alpha value is -3.46. The highest BCUT2D eigenvalue weighted by atomic mass is 35.5. The molecule has 9 heteroatoms. The number of nitrogens with one attached hydrogen (secondary N) is 1. The Morgan fingerprint density at radius 1 is 1.00 bits per heavy atom. The first-order valence-corrected chi connectivity index (χ1v) is 12.4. The molecule has 3 aromatic carbocycles. The summed E-state index contributed by atoms with van der Waals surface area (Å²) >= 11 is 6.49. The minimum atomic E-state index is -3.50. The number of hydrogen-bond acceptors (Lipinski definition) is 4. The molecule has 4 aromatic rings. The number of anilines is 2. The summed E-state index contributed by atoms with van der Waals surface area (Å²) in [4.78, 5) is 17.4. The number of carbonyl (C=O) groups excluding carboxylic acids is 1. The normalized spacial score (nSPS) is 15.5. The molecule has 1 N–H and O–H groups in total. The molecule has 5 rings (SSSR count). The van der Waals surface area contributed by atoms with E-state index in [1.807, 2.05) is 30.3 Å². The number of likely N-dealkylation sites (N-methyl/N-ethyl adjacent to an activating group) is 1. The second-order valence-corrected chi connectivity index (χ2v) is 10.3. The Balaban J connectivity index is 1.40. The highest BCUT2D eigenvalue weighted by Crippen LogP contribution is 2.34. The zero-order chi connectivity index (χ0) is 23.9. The lowest BCUT2D eigenvalue weighted by Gasteiger charge is -2.18. The molecule has 0 bridgehead atoms. The minimum absolute atomic E-state index is 0.313. The van der Waals surface area contributed by atoms with E-state index in [9.17, 15) is 13.2 Å². The minimum Gasteiger partial charge on any atom is -0.322 e. The van der Waals surface area contributed by atoms with E-state index in [1.54, 1.807) is 55.7 Å². The van der Waals surface area contributed by atoms with Gasteiger partial charge in [-0.05, 0) is 53.9 Å². The van der Waals surface area contributed by atoms with Crippen LogP contribution in [0.25, 0.3) is 22.0 Å². The maximum atomic E-state index is 12.9. The molecule has 1 saturated heterocycles. The van der Waals surface area contributed by atoms with E-state index >= 15 is 0 Å². The van der Waals surface area contributed by atoms with Crippen molar-refractivity contribution in [1.82, 2.24) is 9.29 Å². The molecule has 172 valence electrons. The number of halogens is 1. The molecule has 0 unspecified atom stereocenters. The summed E-state index contributed by atoms with van der Waals surface area (Å²) in [5, 5.41) is 5.43. The number of fused-ring (bicyclic) bond motifs is 1. The summed E-state index contributed by atoms with van der Waals surface area (Å²) in [7, 11) is -1.96. The Kier molecular flexibility index (Phi) is 5.73. The van der Waals surface area contributed by atoms with Gasteiger partial charge in [0.05, 0.1) is 16.4 Å². The van der Waals surface area contributed by atoms with E-state index in [-0.39, 0.29) is 5.91 Å². The molecule has 0 radical (unpaired) electrons. The summed E-state index contributed by atoms with van der Waals surface area (Å²) in [5.74, 6) is -0.313. The lowest BCUT2D eigenvalue weighted by atomic mass is 10.0. The van der Waals surface area contributed by atoms with E-state index in [0.717, 1.165) is 22.0 Å². The fourth-order valence-corrected chi connectivity index (χ4v) is 5.55. The molecule has 1 aromatic heterocycles. The van der Waals surface area contributed by atoms with Crippen molar-refractivity contribution < 1.29 is 13.2 Å². The summed E-state index contributed by atoms with van der Waals surface area (Å²) in [6, 6.07) is 21.6. The quantitative estimate of drug-likeness (QED) is 0.443. The predicted molar refractivity (Wildman–Crippen MR) is 135 cm³/mol. The molecule has 34 heavy (non-hydrogen) atoms. The van der Waals surface area contributed by atoms with Gasteiger partial charge < -0.3 is 5.32 Å². The number of benzene rings is 3. The fraction of sp³-hybridized carbons (Fsp3) is 0.120. The van der Waals surface area contributed by atoms with Gasteiger partial charge in [0.1, 0.15) is 0 Å². The smallest absolute Gasteiger partial charge is 0.303 e. The van der Waals surface area contributed by atoms with Gasteiger partial charge in [-0.25, -0.2) is 0 Å². The van der Waals surface area contributed by atoms with Gasteiger partial charge in [-0.15, -0.1) is 0 Å². The molecular weight excluding hydrogens is 472 g/mol. The Labute approximate surface area is 202 Å². The molecule has 0 spiro atoms. The molecule has 1 amide bonds. The van der Waals surface area contributed by atoms with Gasteiger partial charge in [-0.1, -0.05) is 35.9 Å². The highest BCUT2D eigenvalue weighted by Gasteiger charge is 2.33. The molecule has 1 aliphatic rings. The van der Waals surface area contributed by atoms with Crippen LogP contribution in [0.3, 0.4) is 0 Å². The number of pyridine rings is 1. The van der Waals surface area contributed by atoms with Crippen LogP contribution in [0, 0.1) is 0 Å². The number of nitrogens with zero attached hydrogens (tertiary/aromatic N) is 3. The third-order valence-electron chi connectivity index (χ3n) is 5.86. The van der Waals surface area contributed by atoms with E-state index in [0.29, 0.717) is 35.1 Å². The van der Waals surface area contributed by atoms with Crippen LogP contribution < -0.4 is 9.62 Å². The van der Waals surface area contributed by atoms with Crippen LogP contribution in [-0.4, -0.2) is 43.8 Å². The predicted octanol–water partition coefficient (Wildman–Crippen LogP) is 4.80. The zero-order valence-corrected chi connectivity index (χ0v) is 19.8. The van der Waals surface area contributed by atoms with Crippen LogP contribution in [0.4, 0.5) is 11.4 Å². The molecule has 2 heterocycles. The molecule has 1 aliphatic heterocycles. The average Bonchev–Trinajstić information content (AvgIpc) is 3.12. The second kappa shape index (κ2) is 8.72. The van der Waals surface area contributed by atoms with Crippen molar-refractivity contribution in [2.24, 2.45) is 0 Å². The van der Waals surface area contributed by atoms with Crippen LogP contribution >= 0.6 is 11.6 Å². The monoisotopic (exact) mass is 492 g/mol. The molecule has 1 fully saturated rings. The summed E-state index contributed by atoms with van der Waals surface area (Å²) in [5.41, 5.74) is 2.97. The average molecular weight is 493 g/mol. The van der Waals surface area contributed by atoms with E-state index in [1.165, 1.54) is 8.61 Å². The number of rotatable bonds is 4. The van der Waals surface area contributed by atoms with E-state index in [2.05, 4.69) is 10.3 Å². The van der Waals surface area contributed by atoms with Crippen LogP contribution in [-0.2, 0) is 10.2 Å². The number of amides is 1. The van der Waals surface area contributed by atoms with Gasteiger partial charge in [0.2, 0.25) is 0 Å². The van der Waals surface area contributed by atoms with Crippen LogP contribution in [0.2, 0.25) is 5.02 Å². The SMILES string of the molecule is CN1CCN(c2ccc(C(=O)Nc3ccc(Cl)c(-c4nccc5ccccc45)c3)cc2)S1(=O)=O. The zero-order valence-electron chi connectivity index (χ0n) is 18.3. The van der Waals surface area contributed by atoms with Crippen molar-refractivity contribution in [1.29, 1.82) is 0 Å². The van der Waals surface area contributed by atoms with Crippen molar-refractivity contribution in [3.05, 3.63) is 89.6 Å². The highest BCUT2D eigenvalue weighted by molar-refractivity contribution is 7.90. The Bertz CT molecular complexity index is 1500. The first-order chi connectivity index (χ1) is 16.3. The van der Waals surface area contributed by atoms with E-state index < -0.39 is 10.2 Å². The van der Waals surface area contributed by atoms with Crippen molar-refractivity contribution in [3.63, 3.8) is 0 Å².